The summed E-state index contributed by atoms with van der Waals surface area (Å²) in [6.45, 7) is 5.19. The van der Waals surface area contributed by atoms with Gasteiger partial charge in [0.1, 0.15) is 17.2 Å². The first-order valence-electron chi connectivity index (χ1n) is 5.61. The highest BCUT2D eigenvalue weighted by Gasteiger charge is 2.21. The molecule has 1 aromatic rings. The van der Waals surface area contributed by atoms with Gasteiger partial charge in [-0.1, -0.05) is 6.07 Å². The second kappa shape index (κ2) is 5.44. The van der Waals surface area contributed by atoms with Gasteiger partial charge in [0.05, 0.1) is 6.42 Å². The standard InChI is InChI=1S/C13H17F2NO2/c1-13(2,3)18-12(17)7-11(16)9-5-4-8(14)6-10(9)15/h4-6,11H,7,16H2,1-3H3/t11-/m1/s1. The maximum Gasteiger partial charge on any atom is 0.308 e. The van der Waals surface area contributed by atoms with Crippen molar-refractivity contribution < 1.29 is 18.3 Å². The third-order valence-corrected chi connectivity index (χ3v) is 2.17. The first kappa shape index (κ1) is 14.6. The Labute approximate surface area is 105 Å². The Balaban J connectivity index is 2.71. The largest absolute Gasteiger partial charge is 0.460 e. The minimum absolute atomic E-state index is 0.0993. The van der Waals surface area contributed by atoms with Crippen LogP contribution in [-0.2, 0) is 9.53 Å². The molecule has 0 spiro atoms. The summed E-state index contributed by atoms with van der Waals surface area (Å²) >= 11 is 0. The lowest BCUT2D eigenvalue weighted by molar-refractivity contribution is -0.155. The molecule has 100 valence electrons. The van der Waals surface area contributed by atoms with Crippen LogP contribution in [-0.4, -0.2) is 11.6 Å². The lowest BCUT2D eigenvalue weighted by Gasteiger charge is -2.21. The van der Waals surface area contributed by atoms with E-state index in [1.54, 1.807) is 20.8 Å². The molecule has 0 aliphatic carbocycles. The maximum atomic E-state index is 13.4. The molecule has 1 rings (SSSR count). The molecule has 0 radical (unpaired) electrons. The summed E-state index contributed by atoms with van der Waals surface area (Å²) < 4.78 is 31.2. The molecule has 3 nitrogen and oxygen atoms in total. The van der Waals surface area contributed by atoms with E-state index in [4.69, 9.17) is 10.5 Å². The van der Waals surface area contributed by atoms with Crippen molar-refractivity contribution in [2.45, 2.75) is 38.8 Å². The van der Waals surface area contributed by atoms with E-state index in [9.17, 15) is 13.6 Å². The van der Waals surface area contributed by atoms with Gasteiger partial charge in [-0.3, -0.25) is 4.79 Å². The van der Waals surface area contributed by atoms with E-state index in [1.165, 1.54) is 6.07 Å². The van der Waals surface area contributed by atoms with Crippen LogP contribution >= 0.6 is 0 Å². The molecule has 0 fully saturated rings. The molecular formula is C13H17F2NO2. The monoisotopic (exact) mass is 257 g/mol. The molecule has 0 unspecified atom stereocenters. The summed E-state index contributed by atoms with van der Waals surface area (Å²) in [5, 5.41) is 0. The highest BCUT2D eigenvalue weighted by atomic mass is 19.1. The Morgan fingerprint density at radius 3 is 2.50 bits per heavy atom. The molecule has 1 atom stereocenters. The number of benzene rings is 1. The van der Waals surface area contributed by atoms with E-state index >= 15 is 0 Å². The van der Waals surface area contributed by atoms with Gasteiger partial charge in [0, 0.05) is 17.7 Å². The van der Waals surface area contributed by atoms with Crippen LogP contribution in [0.3, 0.4) is 0 Å². The van der Waals surface area contributed by atoms with E-state index in [1.807, 2.05) is 0 Å². The van der Waals surface area contributed by atoms with Crippen LogP contribution in [0.1, 0.15) is 38.8 Å². The Kier molecular flexibility index (Phi) is 4.40. The van der Waals surface area contributed by atoms with E-state index in [0.717, 1.165) is 12.1 Å². The number of carbonyl (C=O) groups is 1. The van der Waals surface area contributed by atoms with Crippen molar-refractivity contribution in [3.05, 3.63) is 35.4 Å². The van der Waals surface area contributed by atoms with Crippen LogP contribution in [0.4, 0.5) is 8.78 Å². The fraction of sp³-hybridized carbons (Fsp3) is 0.462. The molecule has 0 saturated heterocycles. The molecule has 18 heavy (non-hydrogen) atoms. The molecule has 2 N–H and O–H groups in total. The van der Waals surface area contributed by atoms with Crippen LogP contribution in [0.15, 0.2) is 18.2 Å². The average Bonchev–Trinajstić information content (AvgIpc) is 2.13. The third-order valence-electron chi connectivity index (χ3n) is 2.17. The number of carbonyl (C=O) groups excluding carboxylic acids is 1. The molecule has 0 aliphatic rings. The zero-order valence-electron chi connectivity index (χ0n) is 10.7. The highest BCUT2D eigenvalue weighted by molar-refractivity contribution is 5.70. The molecule has 0 saturated carbocycles. The quantitative estimate of drug-likeness (QED) is 0.847. The van der Waals surface area contributed by atoms with Crippen molar-refractivity contribution in [1.29, 1.82) is 0 Å². The van der Waals surface area contributed by atoms with Gasteiger partial charge in [-0.2, -0.15) is 0 Å². The predicted octanol–water partition coefficient (Wildman–Crippen LogP) is 2.70. The van der Waals surface area contributed by atoms with Gasteiger partial charge in [0.2, 0.25) is 0 Å². The fourth-order valence-electron chi connectivity index (χ4n) is 1.47. The van der Waals surface area contributed by atoms with Crippen molar-refractivity contribution in [2.75, 3.05) is 0 Å². The van der Waals surface area contributed by atoms with Gasteiger partial charge in [-0.25, -0.2) is 8.78 Å². The van der Waals surface area contributed by atoms with Gasteiger partial charge >= 0.3 is 5.97 Å². The van der Waals surface area contributed by atoms with Gasteiger partial charge in [0.15, 0.2) is 0 Å². The highest BCUT2D eigenvalue weighted by Crippen LogP contribution is 2.20. The number of hydrogen-bond donors (Lipinski definition) is 1. The number of halogens is 2. The van der Waals surface area contributed by atoms with Crippen LogP contribution in [0, 0.1) is 11.6 Å². The average molecular weight is 257 g/mol. The summed E-state index contributed by atoms with van der Waals surface area (Å²) in [4.78, 5) is 11.5. The Morgan fingerprint density at radius 2 is 2.00 bits per heavy atom. The van der Waals surface area contributed by atoms with Crippen LogP contribution < -0.4 is 5.73 Å². The van der Waals surface area contributed by atoms with Crippen LogP contribution in [0.5, 0.6) is 0 Å². The second-order valence-corrected chi connectivity index (χ2v) is 5.06. The summed E-state index contributed by atoms with van der Waals surface area (Å²) in [5.74, 6) is -1.95. The zero-order chi connectivity index (χ0) is 13.9. The first-order chi connectivity index (χ1) is 8.19. The van der Waals surface area contributed by atoms with Gasteiger partial charge in [0.25, 0.3) is 0 Å². The van der Waals surface area contributed by atoms with Crippen molar-refractivity contribution in [2.24, 2.45) is 5.73 Å². The normalized spacial score (nSPS) is 13.2. The zero-order valence-corrected chi connectivity index (χ0v) is 10.7. The molecule has 0 aliphatic heterocycles. The first-order valence-corrected chi connectivity index (χ1v) is 5.61. The second-order valence-electron chi connectivity index (χ2n) is 5.06. The lowest BCUT2D eigenvalue weighted by Crippen LogP contribution is -2.26. The summed E-state index contributed by atoms with van der Waals surface area (Å²) in [5.41, 5.74) is 5.19. The molecular weight excluding hydrogens is 240 g/mol. The summed E-state index contributed by atoms with van der Waals surface area (Å²) in [7, 11) is 0. The number of rotatable bonds is 3. The molecule has 0 amide bonds. The van der Waals surface area contributed by atoms with Crippen molar-refractivity contribution in [3.8, 4) is 0 Å². The van der Waals surface area contributed by atoms with Crippen molar-refractivity contribution >= 4 is 5.97 Å². The SMILES string of the molecule is CC(C)(C)OC(=O)C[C@@H](N)c1ccc(F)cc1F. The maximum absolute atomic E-state index is 13.4. The van der Waals surface area contributed by atoms with E-state index in [0.29, 0.717) is 0 Å². The Bertz CT molecular complexity index is 441. The van der Waals surface area contributed by atoms with Gasteiger partial charge in [-0.15, -0.1) is 0 Å². The Morgan fingerprint density at radius 1 is 1.39 bits per heavy atom. The van der Waals surface area contributed by atoms with Gasteiger partial charge in [-0.05, 0) is 26.8 Å². The van der Waals surface area contributed by atoms with Crippen molar-refractivity contribution in [3.63, 3.8) is 0 Å². The van der Waals surface area contributed by atoms with E-state index < -0.39 is 29.2 Å². The minimum atomic E-state index is -0.847. The molecule has 1 aromatic carbocycles. The fourth-order valence-corrected chi connectivity index (χ4v) is 1.47. The number of nitrogens with two attached hydrogens (primary N) is 1. The van der Waals surface area contributed by atoms with Crippen molar-refractivity contribution in [1.82, 2.24) is 0 Å². The number of hydrogen-bond acceptors (Lipinski definition) is 3. The van der Waals surface area contributed by atoms with Crippen LogP contribution in [0.2, 0.25) is 0 Å². The van der Waals surface area contributed by atoms with E-state index in [-0.39, 0.29) is 12.0 Å². The molecule has 0 heterocycles. The van der Waals surface area contributed by atoms with Gasteiger partial charge < -0.3 is 10.5 Å². The van der Waals surface area contributed by atoms with Crippen LogP contribution in [0.25, 0.3) is 0 Å². The lowest BCUT2D eigenvalue weighted by atomic mass is 10.0. The number of esters is 1. The molecule has 0 bridgehead atoms. The molecule has 5 heteroatoms. The summed E-state index contributed by atoms with van der Waals surface area (Å²) in [6.07, 6.45) is -0.153. The Hall–Kier alpha value is -1.49. The molecule has 0 aromatic heterocycles. The topological polar surface area (TPSA) is 52.3 Å². The summed E-state index contributed by atoms with van der Waals surface area (Å²) in [6, 6.07) is 2.23. The minimum Gasteiger partial charge on any atom is -0.460 e. The third kappa shape index (κ3) is 4.41. The number of ether oxygens (including phenoxy) is 1. The van der Waals surface area contributed by atoms with E-state index in [2.05, 4.69) is 0 Å². The predicted molar refractivity (Wildman–Crippen MR) is 63.7 cm³/mol. The smallest absolute Gasteiger partial charge is 0.308 e.